The third kappa shape index (κ3) is 4.87. The maximum atomic E-state index is 3.91. The molecule has 0 radical (unpaired) electrons. The van der Waals surface area contributed by atoms with Crippen molar-refractivity contribution in [1.29, 1.82) is 0 Å². The third-order valence-electron chi connectivity index (χ3n) is 3.59. The molecule has 0 unspecified atom stereocenters. The summed E-state index contributed by atoms with van der Waals surface area (Å²) in [6.45, 7) is 14.1. The van der Waals surface area contributed by atoms with Crippen LogP contribution in [0.1, 0.15) is 34.1 Å². The molecule has 0 aromatic rings. The Bertz CT molecular complexity index is 437. The fraction of sp³-hybridized carbons (Fsp3) is 0.750. The summed E-state index contributed by atoms with van der Waals surface area (Å²) in [5, 5.41) is 1.63. The molecular formula is C16H34MoN3Si. The molecule has 0 saturated carbocycles. The van der Waals surface area contributed by atoms with Gasteiger partial charge in [-0.3, -0.25) is 0 Å². The first-order chi connectivity index (χ1) is 9.37. The van der Waals surface area contributed by atoms with Gasteiger partial charge in [0.25, 0.3) is 0 Å². The summed E-state index contributed by atoms with van der Waals surface area (Å²) in [6, 6.07) is 0. The predicted molar refractivity (Wildman–Crippen MR) is 93.1 cm³/mol. The van der Waals surface area contributed by atoms with Gasteiger partial charge in [0.1, 0.15) is 0 Å². The quantitative estimate of drug-likeness (QED) is 0.725. The van der Waals surface area contributed by atoms with E-state index in [0.29, 0.717) is 0 Å². The molecule has 0 heterocycles. The third-order valence-corrected chi connectivity index (χ3v) is 12.5. The molecule has 0 bridgehead atoms. The first kappa shape index (κ1) is 19.3. The van der Waals surface area contributed by atoms with E-state index >= 15 is 0 Å². The van der Waals surface area contributed by atoms with Gasteiger partial charge in [-0.15, -0.1) is 0 Å². The molecule has 123 valence electrons. The fourth-order valence-electron chi connectivity index (χ4n) is 3.36. The zero-order valence-corrected chi connectivity index (χ0v) is 18.6. The van der Waals surface area contributed by atoms with Crippen molar-refractivity contribution in [1.82, 2.24) is 11.9 Å². The monoisotopic (exact) mass is 394 g/mol. The second-order valence-corrected chi connectivity index (χ2v) is 17.9. The first-order valence-corrected chi connectivity index (χ1v) is 13.5. The van der Waals surface area contributed by atoms with Crippen LogP contribution in [0.3, 0.4) is 0 Å². The van der Waals surface area contributed by atoms with Gasteiger partial charge in [-0.05, 0) is 0 Å². The molecular weight excluding hydrogens is 358 g/mol. The summed E-state index contributed by atoms with van der Waals surface area (Å²) in [7, 11) is 7.38. The average molecular weight is 392 g/mol. The van der Waals surface area contributed by atoms with Gasteiger partial charge in [0.05, 0.1) is 0 Å². The SMILES string of the molecule is CC1=[C]([Mo]([N](C)C)[N](C)C)CC=C1[Si](C)(C)NC(C)(C)C. The Kier molecular flexibility index (Phi) is 6.25. The Morgan fingerprint density at radius 3 is 1.95 bits per heavy atom. The molecule has 0 saturated heterocycles. The fourth-order valence-corrected chi connectivity index (χ4v) is 12.6. The van der Waals surface area contributed by atoms with E-state index in [4.69, 9.17) is 0 Å². The number of nitrogens with one attached hydrogen (secondary N) is 1. The predicted octanol–water partition coefficient (Wildman–Crippen LogP) is 3.29. The molecule has 1 N–H and O–H groups in total. The molecule has 21 heavy (non-hydrogen) atoms. The van der Waals surface area contributed by atoms with E-state index in [2.05, 4.69) is 87.0 Å². The van der Waals surface area contributed by atoms with Crippen LogP contribution in [-0.4, -0.2) is 48.9 Å². The van der Waals surface area contributed by atoms with E-state index in [1.165, 1.54) is 0 Å². The molecule has 0 aromatic carbocycles. The van der Waals surface area contributed by atoms with Crippen LogP contribution < -0.4 is 4.98 Å². The standard InChI is InChI=1S/C12H22NSi.2C2H6N.Mo/c1-10-8-7-9-11(10)14(5,6)13-12(2,3)4;2*1-3-2;/h9,13H,7H2,1-6H3;2*1-2H3;/q;2*-1;+2. The van der Waals surface area contributed by atoms with Crippen molar-refractivity contribution in [3.63, 3.8) is 0 Å². The van der Waals surface area contributed by atoms with Crippen LogP contribution in [0, 0.1) is 0 Å². The van der Waals surface area contributed by atoms with Crippen molar-refractivity contribution in [3.05, 3.63) is 20.8 Å². The Balaban J connectivity index is 3.09. The normalized spacial score (nSPS) is 17.5. The zero-order chi connectivity index (χ0) is 16.6. The number of hydrogen-bond acceptors (Lipinski definition) is 3. The first-order valence-electron chi connectivity index (χ1n) is 7.66. The van der Waals surface area contributed by atoms with Gasteiger partial charge < -0.3 is 0 Å². The van der Waals surface area contributed by atoms with Gasteiger partial charge in [0.15, 0.2) is 0 Å². The average Bonchev–Trinajstić information content (AvgIpc) is 2.56. The molecule has 0 spiro atoms. The molecule has 0 aliphatic heterocycles. The second-order valence-electron chi connectivity index (χ2n) is 7.76. The van der Waals surface area contributed by atoms with Gasteiger partial charge >= 0.3 is 140 Å². The minimum atomic E-state index is -1.58. The summed E-state index contributed by atoms with van der Waals surface area (Å²) < 4.78 is 6.68. The van der Waals surface area contributed by atoms with E-state index in [1.807, 2.05) is 0 Å². The number of nitrogens with zero attached hydrogens (tertiary/aromatic N) is 2. The summed E-state index contributed by atoms with van der Waals surface area (Å²) in [5.74, 6) is 0. The van der Waals surface area contributed by atoms with E-state index in [0.717, 1.165) is 6.42 Å². The molecule has 0 amide bonds. The molecule has 0 atom stereocenters. The summed E-state index contributed by atoms with van der Waals surface area (Å²) >= 11 is -1.51. The van der Waals surface area contributed by atoms with Crippen LogP contribution in [0.15, 0.2) is 20.8 Å². The number of allylic oxidation sites excluding steroid dienone is 4. The molecule has 3 nitrogen and oxygen atoms in total. The summed E-state index contributed by atoms with van der Waals surface area (Å²) in [6.07, 6.45) is 3.67. The van der Waals surface area contributed by atoms with E-state index in [-0.39, 0.29) is 5.54 Å². The molecule has 1 aliphatic carbocycles. The molecule has 5 heteroatoms. The Morgan fingerprint density at radius 2 is 1.57 bits per heavy atom. The van der Waals surface area contributed by atoms with Gasteiger partial charge in [0.2, 0.25) is 0 Å². The van der Waals surface area contributed by atoms with Crippen molar-refractivity contribution < 1.29 is 17.8 Å². The van der Waals surface area contributed by atoms with E-state index < -0.39 is 26.0 Å². The van der Waals surface area contributed by atoms with Crippen LogP contribution in [-0.2, 0) is 17.8 Å². The van der Waals surface area contributed by atoms with E-state index in [9.17, 15) is 0 Å². The maximum absolute atomic E-state index is 3.91. The Morgan fingerprint density at radius 1 is 1.10 bits per heavy atom. The summed E-state index contributed by atoms with van der Waals surface area (Å²) in [5.41, 5.74) is 1.77. The topological polar surface area (TPSA) is 18.5 Å². The van der Waals surface area contributed by atoms with Gasteiger partial charge in [-0.25, -0.2) is 0 Å². The van der Waals surface area contributed by atoms with Crippen LogP contribution >= 0.6 is 0 Å². The van der Waals surface area contributed by atoms with Crippen molar-refractivity contribution in [2.75, 3.05) is 28.2 Å². The van der Waals surface area contributed by atoms with Crippen LogP contribution in [0.5, 0.6) is 0 Å². The van der Waals surface area contributed by atoms with Crippen LogP contribution in [0.2, 0.25) is 13.1 Å². The van der Waals surface area contributed by atoms with Crippen molar-refractivity contribution in [3.8, 4) is 0 Å². The van der Waals surface area contributed by atoms with Gasteiger partial charge in [-0.2, -0.15) is 0 Å². The van der Waals surface area contributed by atoms with E-state index in [1.54, 1.807) is 14.7 Å². The minimum absolute atomic E-state index is 0.183. The second kappa shape index (κ2) is 6.80. The number of rotatable bonds is 5. The summed E-state index contributed by atoms with van der Waals surface area (Å²) in [4.78, 5) is 3.91. The van der Waals surface area contributed by atoms with Crippen LogP contribution in [0.25, 0.3) is 0 Å². The van der Waals surface area contributed by atoms with Crippen LogP contribution in [0.4, 0.5) is 0 Å². The molecule has 0 aromatic heterocycles. The Hall–Kier alpha value is 0.265. The molecule has 0 fully saturated rings. The van der Waals surface area contributed by atoms with Crippen molar-refractivity contribution in [2.24, 2.45) is 0 Å². The van der Waals surface area contributed by atoms with Crippen molar-refractivity contribution >= 4 is 8.24 Å². The van der Waals surface area contributed by atoms with Gasteiger partial charge in [-0.1, -0.05) is 0 Å². The molecule has 1 aliphatic rings. The zero-order valence-electron chi connectivity index (χ0n) is 15.6. The Labute approximate surface area is 139 Å². The van der Waals surface area contributed by atoms with Crippen molar-refractivity contribution in [2.45, 2.75) is 52.7 Å². The molecule has 1 rings (SSSR count). The number of hydrogen-bond donors (Lipinski definition) is 1. The van der Waals surface area contributed by atoms with Gasteiger partial charge in [0, 0.05) is 0 Å².